The van der Waals surface area contributed by atoms with Gasteiger partial charge in [-0.2, -0.15) is 0 Å². The Labute approximate surface area is 155 Å². The molecule has 0 unspecified atom stereocenters. The second-order valence-corrected chi connectivity index (χ2v) is 6.01. The van der Waals surface area contributed by atoms with Crippen LogP contribution in [0.25, 0.3) is 0 Å². The first-order valence-electron chi connectivity index (χ1n) is 7.47. The van der Waals surface area contributed by atoms with E-state index in [2.05, 4.69) is 20.6 Å². The first-order valence-corrected chi connectivity index (χ1v) is 8.23. The Bertz CT molecular complexity index is 867. The molecule has 1 amide bonds. The standard InChI is InChI=1S/C18H14Cl2N4O/c19-14-4-1-5-15(20)17(14)24-16-9-13(6-8-22-16)18(25)23-11-12-3-2-7-21-10-12/h1-10H,11H2,(H,22,24)(H,23,25). The Kier molecular flexibility index (Phi) is 5.48. The maximum atomic E-state index is 12.3. The molecular formula is C18H14Cl2N4O. The first-order chi connectivity index (χ1) is 12.1. The third-order valence-corrected chi connectivity index (χ3v) is 4.04. The number of anilines is 2. The molecule has 0 spiro atoms. The molecule has 2 aromatic heterocycles. The normalized spacial score (nSPS) is 10.3. The van der Waals surface area contributed by atoms with Gasteiger partial charge in [-0.3, -0.25) is 9.78 Å². The van der Waals surface area contributed by atoms with Crippen molar-refractivity contribution in [3.8, 4) is 0 Å². The van der Waals surface area contributed by atoms with Crippen molar-refractivity contribution in [2.24, 2.45) is 0 Å². The molecule has 0 aliphatic rings. The summed E-state index contributed by atoms with van der Waals surface area (Å²) in [6, 6.07) is 12.2. The van der Waals surface area contributed by atoms with Crippen LogP contribution in [0.5, 0.6) is 0 Å². The molecule has 0 radical (unpaired) electrons. The lowest BCUT2D eigenvalue weighted by molar-refractivity contribution is 0.0951. The maximum Gasteiger partial charge on any atom is 0.251 e. The predicted octanol–water partition coefficient (Wildman–Crippen LogP) is 4.46. The lowest BCUT2D eigenvalue weighted by atomic mass is 10.2. The van der Waals surface area contributed by atoms with Crippen LogP contribution in [-0.4, -0.2) is 15.9 Å². The first kappa shape index (κ1) is 17.2. The Morgan fingerprint density at radius 1 is 1.04 bits per heavy atom. The van der Waals surface area contributed by atoms with Crippen molar-refractivity contribution < 1.29 is 4.79 Å². The molecule has 0 saturated carbocycles. The van der Waals surface area contributed by atoms with Gasteiger partial charge in [0.05, 0.1) is 15.7 Å². The molecule has 1 aromatic carbocycles. The second kappa shape index (κ2) is 7.96. The van der Waals surface area contributed by atoms with Crippen LogP contribution in [-0.2, 0) is 6.54 Å². The SMILES string of the molecule is O=C(NCc1cccnc1)c1ccnc(Nc2c(Cl)cccc2Cl)c1. The molecule has 0 atom stereocenters. The highest BCUT2D eigenvalue weighted by Gasteiger charge is 2.10. The number of halogens is 2. The van der Waals surface area contributed by atoms with Crippen molar-refractivity contribution in [1.29, 1.82) is 0 Å². The summed E-state index contributed by atoms with van der Waals surface area (Å²) < 4.78 is 0. The van der Waals surface area contributed by atoms with Gasteiger partial charge < -0.3 is 10.6 Å². The molecule has 0 aliphatic carbocycles. The molecular weight excluding hydrogens is 359 g/mol. The number of carbonyl (C=O) groups excluding carboxylic acids is 1. The van der Waals surface area contributed by atoms with Gasteiger partial charge in [0, 0.05) is 30.7 Å². The summed E-state index contributed by atoms with van der Waals surface area (Å²) in [5.74, 6) is 0.267. The topological polar surface area (TPSA) is 66.9 Å². The highest BCUT2D eigenvalue weighted by molar-refractivity contribution is 6.39. The summed E-state index contributed by atoms with van der Waals surface area (Å²) in [6.07, 6.45) is 4.94. The van der Waals surface area contributed by atoms with E-state index in [9.17, 15) is 4.79 Å². The van der Waals surface area contributed by atoms with E-state index >= 15 is 0 Å². The molecule has 0 aliphatic heterocycles. The van der Waals surface area contributed by atoms with Crippen LogP contribution >= 0.6 is 23.2 Å². The highest BCUT2D eigenvalue weighted by Crippen LogP contribution is 2.32. The van der Waals surface area contributed by atoms with Gasteiger partial charge in [-0.05, 0) is 35.9 Å². The Morgan fingerprint density at radius 3 is 2.56 bits per heavy atom. The largest absolute Gasteiger partial charge is 0.348 e. The number of nitrogens with zero attached hydrogens (tertiary/aromatic N) is 2. The number of para-hydroxylation sites is 1. The number of nitrogens with one attached hydrogen (secondary N) is 2. The lowest BCUT2D eigenvalue weighted by Gasteiger charge is -2.11. The number of aromatic nitrogens is 2. The van der Waals surface area contributed by atoms with E-state index < -0.39 is 0 Å². The number of carbonyl (C=O) groups is 1. The number of pyridine rings is 2. The van der Waals surface area contributed by atoms with Crippen LogP contribution in [0, 0.1) is 0 Å². The molecule has 7 heteroatoms. The smallest absolute Gasteiger partial charge is 0.251 e. The van der Waals surface area contributed by atoms with E-state index in [-0.39, 0.29) is 5.91 Å². The predicted molar refractivity (Wildman–Crippen MR) is 99.4 cm³/mol. The Balaban J connectivity index is 1.72. The second-order valence-electron chi connectivity index (χ2n) is 5.20. The minimum Gasteiger partial charge on any atom is -0.348 e. The molecule has 25 heavy (non-hydrogen) atoms. The quantitative estimate of drug-likeness (QED) is 0.693. The van der Waals surface area contributed by atoms with E-state index in [1.807, 2.05) is 12.1 Å². The van der Waals surface area contributed by atoms with Crippen LogP contribution in [0.1, 0.15) is 15.9 Å². The Hall–Kier alpha value is -2.63. The summed E-state index contributed by atoms with van der Waals surface area (Å²) in [6.45, 7) is 0.397. The Morgan fingerprint density at radius 2 is 1.84 bits per heavy atom. The highest BCUT2D eigenvalue weighted by atomic mass is 35.5. The summed E-state index contributed by atoms with van der Waals surface area (Å²) in [7, 11) is 0. The zero-order chi connectivity index (χ0) is 17.6. The third-order valence-electron chi connectivity index (χ3n) is 3.41. The molecule has 2 heterocycles. The van der Waals surface area contributed by atoms with Crippen LogP contribution in [0.3, 0.4) is 0 Å². The van der Waals surface area contributed by atoms with Crippen molar-refractivity contribution in [3.05, 3.63) is 82.2 Å². The van der Waals surface area contributed by atoms with Gasteiger partial charge >= 0.3 is 0 Å². The van der Waals surface area contributed by atoms with E-state index in [1.54, 1.807) is 48.9 Å². The van der Waals surface area contributed by atoms with Crippen LogP contribution < -0.4 is 10.6 Å². The molecule has 5 nitrogen and oxygen atoms in total. The maximum absolute atomic E-state index is 12.3. The minimum absolute atomic E-state index is 0.209. The van der Waals surface area contributed by atoms with Crippen molar-refractivity contribution in [1.82, 2.24) is 15.3 Å². The molecule has 0 saturated heterocycles. The number of hydrogen-bond acceptors (Lipinski definition) is 4. The molecule has 3 rings (SSSR count). The van der Waals surface area contributed by atoms with E-state index in [1.165, 1.54) is 0 Å². The number of benzene rings is 1. The minimum atomic E-state index is -0.209. The van der Waals surface area contributed by atoms with Crippen LogP contribution in [0.4, 0.5) is 11.5 Å². The molecule has 0 fully saturated rings. The molecule has 3 aromatic rings. The van der Waals surface area contributed by atoms with Gasteiger partial charge in [-0.15, -0.1) is 0 Å². The van der Waals surface area contributed by atoms with Gasteiger partial charge in [0.1, 0.15) is 5.82 Å². The zero-order valence-corrected chi connectivity index (χ0v) is 14.6. The fourth-order valence-corrected chi connectivity index (χ4v) is 2.66. The zero-order valence-electron chi connectivity index (χ0n) is 13.0. The van der Waals surface area contributed by atoms with E-state index in [4.69, 9.17) is 23.2 Å². The van der Waals surface area contributed by atoms with Crippen molar-refractivity contribution >= 4 is 40.6 Å². The molecule has 2 N–H and O–H groups in total. The van der Waals surface area contributed by atoms with Crippen molar-refractivity contribution in [2.45, 2.75) is 6.54 Å². The fraction of sp³-hybridized carbons (Fsp3) is 0.0556. The summed E-state index contributed by atoms with van der Waals surface area (Å²) in [5, 5.41) is 6.83. The van der Waals surface area contributed by atoms with Gasteiger partial charge in [-0.1, -0.05) is 35.3 Å². The monoisotopic (exact) mass is 372 g/mol. The van der Waals surface area contributed by atoms with Crippen LogP contribution in [0.15, 0.2) is 61.1 Å². The number of rotatable bonds is 5. The lowest BCUT2D eigenvalue weighted by Crippen LogP contribution is -2.23. The number of amides is 1. The number of hydrogen-bond donors (Lipinski definition) is 2. The average molecular weight is 373 g/mol. The van der Waals surface area contributed by atoms with Crippen molar-refractivity contribution in [3.63, 3.8) is 0 Å². The van der Waals surface area contributed by atoms with E-state index in [0.29, 0.717) is 33.7 Å². The van der Waals surface area contributed by atoms with Crippen LogP contribution in [0.2, 0.25) is 10.0 Å². The van der Waals surface area contributed by atoms with Gasteiger partial charge in [0.2, 0.25) is 0 Å². The third kappa shape index (κ3) is 4.47. The van der Waals surface area contributed by atoms with E-state index in [0.717, 1.165) is 5.56 Å². The average Bonchev–Trinajstić information content (AvgIpc) is 2.64. The summed E-state index contributed by atoms with van der Waals surface area (Å²) in [5.41, 5.74) is 1.95. The summed E-state index contributed by atoms with van der Waals surface area (Å²) >= 11 is 12.3. The molecule has 126 valence electrons. The van der Waals surface area contributed by atoms with Gasteiger partial charge in [0.15, 0.2) is 0 Å². The summed E-state index contributed by atoms with van der Waals surface area (Å²) in [4.78, 5) is 20.5. The molecule has 0 bridgehead atoms. The van der Waals surface area contributed by atoms with Gasteiger partial charge in [0.25, 0.3) is 5.91 Å². The van der Waals surface area contributed by atoms with Gasteiger partial charge in [-0.25, -0.2) is 4.98 Å². The van der Waals surface area contributed by atoms with Crippen molar-refractivity contribution in [2.75, 3.05) is 5.32 Å². The fourth-order valence-electron chi connectivity index (χ4n) is 2.17.